The Balaban J connectivity index is 2.05. The maximum atomic E-state index is 13.2. The summed E-state index contributed by atoms with van der Waals surface area (Å²) in [7, 11) is -3.42. The maximum absolute atomic E-state index is 13.2. The number of hydrogen-bond donors (Lipinski definition) is 1. The Morgan fingerprint density at radius 1 is 1.09 bits per heavy atom. The van der Waals surface area contributed by atoms with Crippen LogP contribution >= 0.6 is 11.3 Å². The molecule has 0 aliphatic carbocycles. The van der Waals surface area contributed by atoms with Gasteiger partial charge in [-0.05, 0) is 52.8 Å². The molecule has 186 valence electrons. The highest BCUT2D eigenvalue weighted by Crippen LogP contribution is 2.33. The zero-order valence-corrected chi connectivity index (χ0v) is 21.0. The SMILES string of the molecule is CC(C)COc1ccccc1N=C(CC(=N)C(F)(F)F)c1cc(-c2cccc(S(C)(=O)=O)c2)cs1. The van der Waals surface area contributed by atoms with Crippen LogP contribution in [0, 0.1) is 11.3 Å². The van der Waals surface area contributed by atoms with E-state index < -0.39 is 28.1 Å². The van der Waals surface area contributed by atoms with E-state index in [4.69, 9.17) is 10.1 Å². The van der Waals surface area contributed by atoms with E-state index in [-0.39, 0.29) is 16.5 Å². The fourth-order valence-corrected chi connectivity index (χ4v) is 4.64. The van der Waals surface area contributed by atoms with E-state index in [9.17, 15) is 21.6 Å². The number of halogens is 3. The van der Waals surface area contributed by atoms with E-state index in [0.717, 1.165) is 6.26 Å². The second-order valence-corrected chi connectivity index (χ2v) is 11.3. The second-order valence-electron chi connectivity index (χ2n) is 8.38. The first-order valence-electron chi connectivity index (χ1n) is 10.7. The molecule has 5 nitrogen and oxygen atoms in total. The maximum Gasteiger partial charge on any atom is 0.429 e. The molecular weight excluding hydrogens is 497 g/mol. The van der Waals surface area contributed by atoms with E-state index >= 15 is 0 Å². The molecule has 35 heavy (non-hydrogen) atoms. The average molecular weight is 523 g/mol. The Bertz CT molecular complexity index is 1340. The minimum Gasteiger partial charge on any atom is -0.491 e. The number of para-hydroxylation sites is 2. The third kappa shape index (κ3) is 7.25. The Hall–Kier alpha value is -2.98. The third-order valence-electron chi connectivity index (χ3n) is 4.86. The highest BCUT2D eigenvalue weighted by molar-refractivity contribution is 7.90. The summed E-state index contributed by atoms with van der Waals surface area (Å²) in [5, 5.41) is 9.27. The lowest BCUT2D eigenvalue weighted by molar-refractivity contribution is -0.0605. The van der Waals surface area contributed by atoms with Crippen molar-refractivity contribution in [2.75, 3.05) is 12.9 Å². The quantitative estimate of drug-likeness (QED) is 0.309. The first-order valence-corrected chi connectivity index (χ1v) is 13.4. The van der Waals surface area contributed by atoms with Crippen LogP contribution in [0.3, 0.4) is 0 Å². The number of benzene rings is 2. The molecule has 0 unspecified atom stereocenters. The summed E-state index contributed by atoms with van der Waals surface area (Å²) < 4.78 is 69.3. The number of aliphatic imine (C=N–C) groups is 1. The third-order valence-corrected chi connectivity index (χ3v) is 6.95. The van der Waals surface area contributed by atoms with Gasteiger partial charge in [-0.3, -0.25) is 0 Å². The predicted molar refractivity (Wildman–Crippen MR) is 134 cm³/mol. The molecule has 1 N–H and O–H groups in total. The summed E-state index contributed by atoms with van der Waals surface area (Å²) in [5.74, 6) is 0.683. The lowest BCUT2D eigenvalue weighted by atomic mass is 10.1. The van der Waals surface area contributed by atoms with Crippen LogP contribution in [0.2, 0.25) is 0 Å². The van der Waals surface area contributed by atoms with Gasteiger partial charge in [0.25, 0.3) is 0 Å². The van der Waals surface area contributed by atoms with Crippen LogP contribution in [-0.4, -0.2) is 38.9 Å². The van der Waals surface area contributed by atoms with Crippen LogP contribution in [0.4, 0.5) is 18.9 Å². The van der Waals surface area contributed by atoms with Gasteiger partial charge in [-0.25, -0.2) is 13.4 Å². The lowest BCUT2D eigenvalue weighted by Gasteiger charge is -2.13. The van der Waals surface area contributed by atoms with Gasteiger partial charge >= 0.3 is 6.18 Å². The number of nitrogens with zero attached hydrogens (tertiary/aromatic N) is 1. The Labute approximate surface area is 206 Å². The number of ether oxygens (including phenoxy) is 1. The average Bonchev–Trinajstić information content (AvgIpc) is 3.27. The zero-order valence-electron chi connectivity index (χ0n) is 19.4. The molecule has 0 saturated carbocycles. The van der Waals surface area contributed by atoms with Gasteiger partial charge in [0.05, 0.1) is 17.2 Å². The van der Waals surface area contributed by atoms with Crippen LogP contribution in [-0.2, 0) is 9.84 Å². The van der Waals surface area contributed by atoms with E-state index in [2.05, 4.69) is 4.99 Å². The standard InChI is InChI=1S/C25H25F3N2O3S2/c1-16(2)14-33-22-10-5-4-9-20(22)30-21(13-24(29)25(26,27)28)23-12-18(15-34-23)17-7-6-8-19(11-17)35(3,31)32/h4-12,15-16,29H,13-14H2,1-3H3. The lowest BCUT2D eigenvalue weighted by Crippen LogP contribution is -2.24. The molecule has 0 radical (unpaired) electrons. The number of alkyl halides is 3. The van der Waals surface area contributed by atoms with Crippen molar-refractivity contribution in [1.29, 1.82) is 5.41 Å². The fraction of sp³-hybridized carbons (Fsp3) is 0.280. The molecule has 0 aliphatic heterocycles. The molecule has 0 amide bonds. The van der Waals surface area contributed by atoms with E-state index in [1.54, 1.807) is 47.8 Å². The highest BCUT2D eigenvalue weighted by Gasteiger charge is 2.35. The molecule has 10 heteroatoms. The zero-order chi connectivity index (χ0) is 25.8. The molecule has 0 fully saturated rings. The Morgan fingerprint density at radius 3 is 2.46 bits per heavy atom. The van der Waals surface area contributed by atoms with Gasteiger partial charge in [-0.2, -0.15) is 13.2 Å². The summed E-state index contributed by atoms with van der Waals surface area (Å²) in [6, 6.07) is 14.8. The fourth-order valence-electron chi connectivity index (χ4n) is 3.07. The molecule has 0 spiro atoms. The molecular formula is C25H25F3N2O3S2. The van der Waals surface area contributed by atoms with Crippen molar-refractivity contribution in [2.45, 2.75) is 31.3 Å². The summed E-state index contributed by atoms with van der Waals surface area (Å²) >= 11 is 1.18. The van der Waals surface area contributed by atoms with Crippen molar-refractivity contribution in [1.82, 2.24) is 0 Å². The molecule has 3 aromatic rings. The Morgan fingerprint density at radius 2 is 1.80 bits per heavy atom. The minimum atomic E-state index is -4.78. The molecule has 0 bridgehead atoms. The van der Waals surface area contributed by atoms with E-state index in [1.807, 2.05) is 13.8 Å². The van der Waals surface area contributed by atoms with Crippen molar-refractivity contribution < 1.29 is 26.3 Å². The van der Waals surface area contributed by atoms with Crippen molar-refractivity contribution in [3.63, 3.8) is 0 Å². The van der Waals surface area contributed by atoms with Crippen LogP contribution in [0.15, 0.2) is 69.9 Å². The van der Waals surface area contributed by atoms with Gasteiger partial charge in [0.1, 0.15) is 17.1 Å². The summed E-state index contributed by atoms with van der Waals surface area (Å²) in [5.41, 5.74) is 0.286. The Kier molecular flexibility index (Phi) is 8.17. The normalized spacial score (nSPS) is 12.7. The molecule has 1 heterocycles. The number of thiophene rings is 1. The first kappa shape index (κ1) is 26.6. The summed E-state index contributed by atoms with van der Waals surface area (Å²) in [6.45, 7) is 4.38. The molecule has 1 aromatic heterocycles. The number of rotatable bonds is 9. The van der Waals surface area contributed by atoms with Crippen LogP contribution < -0.4 is 4.74 Å². The van der Waals surface area contributed by atoms with Crippen LogP contribution in [0.5, 0.6) is 5.75 Å². The number of hydrogen-bond acceptors (Lipinski definition) is 6. The second kappa shape index (κ2) is 10.7. The molecule has 2 aromatic carbocycles. The van der Waals surface area contributed by atoms with Crippen LogP contribution in [0.25, 0.3) is 11.1 Å². The predicted octanol–water partition coefficient (Wildman–Crippen LogP) is 6.95. The first-order chi connectivity index (χ1) is 16.3. The number of sulfone groups is 1. The van der Waals surface area contributed by atoms with Crippen molar-refractivity contribution in [3.8, 4) is 16.9 Å². The molecule has 0 aliphatic rings. The monoisotopic (exact) mass is 522 g/mol. The summed E-state index contributed by atoms with van der Waals surface area (Å²) in [4.78, 5) is 5.08. The van der Waals surface area contributed by atoms with Gasteiger partial charge < -0.3 is 10.1 Å². The molecule has 3 rings (SSSR count). The van der Waals surface area contributed by atoms with Gasteiger partial charge in [0, 0.05) is 17.6 Å². The van der Waals surface area contributed by atoms with Crippen molar-refractivity contribution in [3.05, 3.63) is 64.9 Å². The van der Waals surface area contributed by atoms with E-state index in [0.29, 0.717) is 34.0 Å². The summed E-state index contributed by atoms with van der Waals surface area (Å²) in [6.07, 6.45) is -4.39. The largest absolute Gasteiger partial charge is 0.491 e. The van der Waals surface area contributed by atoms with Crippen molar-refractivity contribution in [2.24, 2.45) is 10.9 Å². The number of nitrogens with one attached hydrogen (secondary N) is 1. The van der Waals surface area contributed by atoms with Gasteiger partial charge in [-0.15, -0.1) is 11.3 Å². The smallest absolute Gasteiger partial charge is 0.429 e. The minimum absolute atomic E-state index is 0.0726. The van der Waals surface area contributed by atoms with Gasteiger partial charge in [0.15, 0.2) is 9.84 Å². The highest BCUT2D eigenvalue weighted by atomic mass is 32.2. The van der Waals surface area contributed by atoms with Gasteiger partial charge in [0.2, 0.25) is 0 Å². The van der Waals surface area contributed by atoms with E-state index in [1.165, 1.54) is 23.5 Å². The molecule has 0 atom stereocenters. The van der Waals surface area contributed by atoms with Crippen molar-refractivity contribution >= 4 is 38.3 Å². The van der Waals surface area contributed by atoms with Crippen LogP contribution in [0.1, 0.15) is 25.1 Å². The topological polar surface area (TPSA) is 79.6 Å². The van der Waals surface area contributed by atoms with Gasteiger partial charge in [-0.1, -0.05) is 38.1 Å². The molecule has 0 saturated heterocycles.